The quantitative estimate of drug-likeness (QED) is 0.139. The van der Waals surface area contributed by atoms with Gasteiger partial charge >= 0.3 is 10.1 Å². The van der Waals surface area contributed by atoms with Gasteiger partial charge in [-0.25, -0.2) is 0 Å². The topological polar surface area (TPSA) is 8.17 Å². The summed E-state index contributed by atoms with van der Waals surface area (Å²) in [7, 11) is 0. The van der Waals surface area contributed by atoms with Gasteiger partial charge in [0.2, 0.25) is 0 Å². The molecule has 1 heterocycles. The number of anilines is 2. The predicted octanol–water partition coefficient (Wildman–Crippen LogP) is 11.0. The Morgan fingerprint density at radius 1 is 0.783 bits per heavy atom. The second-order valence-corrected chi connectivity index (χ2v) is 12.0. The van der Waals surface area contributed by atoms with Crippen LogP contribution in [0.25, 0.3) is 38.6 Å². The molecule has 8 rings (SSSR count). The zero-order valence-corrected chi connectivity index (χ0v) is 26.2. The van der Waals surface area contributed by atoms with Gasteiger partial charge in [0, 0.05) is 28.2 Å². The molecule has 0 fully saturated rings. The zero-order valence-electron chi connectivity index (χ0n) is 27.2. The van der Waals surface area contributed by atoms with E-state index in [-0.39, 0.29) is 17.6 Å². The predicted molar refractivity (Wildman–Crippen MR) is 198 cm³/mol. The molecule has 1 atom stereocenters. The minimum absolute atomic E-state index is 0. The van der Waals surface area contributed by atoms with Gasteiger partial charge in [-0.15, -0.1) is 6.07 Å². The van der Waals surface area contributed by atoms with Gasteiger partial charge in [0.25, 0.3) is 0 Å². The van der Waals surface area contributed by atoms with Crippen LogP contribution in [0.15, 0.2) is 157 Å². The average Bonchev–Trinajstić information content (AvgIpc) is 3.44. The maximum atomic E-state index is 3.31. The summed E-state index contributed by atoms with van der Waals surface area (Å²) in [4.78, 5) is 2.46. The number of hydrogen-bond donors (Lipinski definition) is 0. The van der Waals surface area contributed by atoms with Crippen LogP contribution in [0, 0.1) is 6.07 Å². The molecular formula is C43H36BeN2. The molecule has 0 spiro atoms. The molecule has 0 saturated carbocycles. The summed E-state index contributed by atoms with van der Waals surface area (Å²) < 4.78 is 2.38. The normalized spacial score (nSPS) is 16.0. The Morgan fingerprint density at radius 3 is 2.33 bits per heavy atom. The maximum absolute atomic E-state index is 3.31. The van der Waals surface area contributed by atoms with Crippen molar-refractivity contribution in [3.63, 3.8) is 0 Å². The average molecular weight is 590 g/mol. The van der Waals surface area contributed by atoms with Crippen LogP contribution in [0.3, 0.4) is 0 Å². The Bertz CT molecular complexity index is 2140. The number of fused-ring (bicyclic) bond motifs is 3. The van der Waals surface area contributed by atoms with Crippen molar-refractivity contribution in [3.05, 3.63) is 174 Å². The second kappa shape index (κ2) is 12.7. The van der Waals surface area contributed by atoms with Gasteiger partial charge in [0.05, 0.1) is 11.0 Å². The number of benzene rings is 5. The van der Waals surface area contributed by atoms with Gasteiger partial charge in [0.1, 0.15) is 0 Å². The van der Waals surface area contributed by atoms with Crippen molar-refractivity contribution in [3.8, 4) is 5.69 Å². The molecule has 5 aromatic carbocycles. The number of rotatable bonds is 6. The maximum Gasteiger partial charge on any atom is 2.00 e. The second-order valence-electron chi connectivity index (χ2n) is 12.0. The van der Waals surface area contributed by atoms with Crippen molar-refractivity contribution >= 4 is 54.4 Å². The molecule has 220 valence electrons. The van der Waals surface area contributed by atoms with E-state index >= 15 is 0 Å². The fourth-order valence-corrected chi connectivity index (χ4v) is 7.11. The van der Waals surface area contributed by atoms with E-state index in [2.05, 4.69) is 168 Å². The third-order valence-electron chi connectivity index (χ3n) is 9.26. The molecule has 1 unspecified atom stereocenters. The molecule has 3 heteroatoms. The molecule has 0 N–H and O–H groups in total. The van der Waals surface area contributed by atoms with E-state index in [0.717, 1.165) is 24.9 Å². The Kier molecular flexibility index (Phi) is 8.14. The molecule has 2 aliphatic carbocycles. The van der Waals surface area contributed by atoms with Crippen LogP contribution >= 0.6 is 0 Å². The van der Waals surface area contributed by atoms with Crippen LogP contribution in [0.2, 0.25) is 0 Å². The monoisotopic (exact) mass is 589 g/mol. The molecule has 0 saturated heterocycles. The van der Waals surface area contributed by atoms with Gasteiger partial charge < -0.3 is 10.9 Å². The van der Waals surface area contributed by atoms with Crippen molar-refractivity contribution in [2.75, 3.05) is 4.90 Å². The summed E-state index contributed by atoms with van der Waals surface area (Å²) in [5, 5.41) is 2.57. The van der Waals surface area contributed by atoms with Gasteiger partial charge in [-0.05, 0) is 96.5 Å². The molecule has 2 nitrogen and oxygen atoms in total. The van der Waals surface area contributed by atoms with E-state index in [4.69, 9.17) is 0 Å². The van der Waals surface area contributed by atoms with E-state index in [1.165, 1.54) is 61.0 Å². The van der Waals surface area contributed by atoms with Crippen molar-refractivity contribution in [2.24, 2.45) is 0 Å². The summed E-state index contributed by atoms with van der Waals surface area (Å²) in [5.74, 6) is 0. The van der Waals surface area contributed by atoms with Crippen LogP contribution in [0.4, 0.5) is 11.4 Å². The van der Waals surface area contributed by atoms with E-state index in [0.29, 0.717) is 0 Å². The van der Waals surface area contributed by atoms with E-state index in [9.17, 15) is 0 Å². The number of hydrogen-bond acceptors (Lipinski definition) is 1. The van der Waals surface area contributed by atoms with E-state index in [1.807, 2.05) is 6.07 Å². The first-order chi connectivity index (χ1) is 22.2. The van der Waals surface area contributed by atoms with Gasteiger partial charge in [-0.3, -0.25) is 0 Å². The van der Waals surface area contributed by atoms with Crippen LogP contribution in [0.1, 0.15) is 38.7 Å². The summed E-state index contributed by atoms with van der Waals surface area (Å²) in [6.45, 7) is 2.26. The van der Waals surface area contributed by atoms with Gasteiger partial charge in [-0.1, -0.05) is 90.7 Å². The molecule has 0 aliphatic heterocycles. The first kappa shape index (κ1) is 29.5. The van der Waals surface area contributed by atoms with Crippen LogP contribution in [-0.4, -0.2) is 20.7 Å². The molecule has 0 radical (unpaired) electrons. The molecule has 2 aliphatic rings. The molecule has 0 amide bonds. The molecule has 6 aromatic rings. The Hall–Kier alpha value is -5.17. The Morgan fingerprint density at radius 2 is 1.57 bits per heavy atom. The fraction of sp³-hybridized carbons (Fsp3) is 0.116. The number of aromatic nitrogens is 1. The summed E-state index contributed by atoms with van der Waals surface area (Å²) in [6, 6.07) is 47.4. The first-order valence-electron chi connectivity index (χ1n) is 15.9. The smallest absolute Gasteiger partial charge is 1.00 e. The standard InChI is InChI=1S/C43H35N2.Be.H/c1-31-29-38(44(35-15-7-3-8-16-35)37-24-21-33(22-25-37)32-13-5-2-6-14-32)26-27-39(31)34-23-28-43-41(30-34)40-19-11-12-20-42(40)45(43)36-17-9-4-10-18-36;;/h2-5,7,9-13,15-25,27-30,38H,6,14,26H2,1H3;;/q-1;+2;-1. The fourth-order valence-electron chi connectivity index (χ4n) is 7.11. The Labute approximate surface area is 277 Å². The number of para-hydroxylation sites is 2. The molecule has 46 heavy (non-hydrogen) atoms. The third-order valence-corrected chi connectivity index (χ3v) is 9.26. The SMILES string of the molecule is CC1=CC(N(c2c[c-]ccc2)c2ccc(C3=CC=CCC3)cc2)CC=C1c1ccc2c(c1)c1ccccc1n2-c1ccccc1.[Be+2].[H-]. The minimum atomic E-state index is 0. The third kappa shape index (κ3) is 5.36. The molecular weight excluding hydrogens is 553 g/mol. The molecule has 0 bridgehead atoms. The van der Waals surface area contributed by atoms with E-state index in [1.54, 1.807) is 0 Å². The number of allylic oxidation sites excluding steroid dienone is 6. The summed E-state index contributed by atoms with van der Waals surface area (Å²) in [5.41, 5.74) is 12.6. The summed E-state index contributed by atoms with van der Waals surface area (Å²) >= 11 is 0. The van der Waals surface area contributed by atoms with Crippen molar-refractivity contribution in [1.82, 2.24) is 4.57 Å². The van der Waals surface area contributed by atoms with E-state index < -0.39 is 0 Å². The minimum Gasteiger partial charge on any atom is -1.00 e. The first-order valence-corrected chi connectivity index (χ1v) is 15.9. The number of nitrogens with zero attached hydrogens (tertiary/aromatic N) is 2. The zero-order chi connectivity index (χ0) is 30.2. The van der Waals surface area contributed by atoms with Crippen molar-refractivity contribution in [2.45, 2.75) is 32.2 Å². The van der Waals surface area contributed by atoms with Crippen LogP contribution in [0.5, 0.6) is 0 Å². The van der Waals surface area contributed by atoms with Crippen LogP contribution < -0.4 is 4.90 Å². The largest absolute Gasteiger partial charge is 2.00 e. The van der Waals surface area contributed by atoms with Crippen LogP contribution in [-0.2, 0) is 0 Å². The van der Waals surface area contributed by atoms with Crippen molar-refractivity contribution < 1.29 is 1.43 Å². The van der Waals surface area contributed by atoms with Gasteiger partial charge in [0.15, 0.2) is 0 Å². The summed E-state index contributed by atoms with van der Waals surface area (Å²) in [6.07, 6.45) is 14.7. The van der Waals surface area contributed by atoms with Gasteiger partial charge in [-0.2, -0.15) is 24.3 Å². The molecule has 1 aromatic heterocycles. The Balaban J connectivity index is 0.00000193. The van der Waals surface area contributed by atoms with Crippen molar-refractivity contribution in [1.29, 1.82) is 0 Å².